The quantitative estimate of drug-likeness (QED) is 0.496. The van der Waals surface area contributed by atoms with Crippen molar-refractivity contribution < 1.29 is 2.85 Å². The van der Waals surface area contributed by atoms with Crippen molar-refractivity contribution >= 4 is 5.69 Å². The van der Waals surface area contributed by atoms with Gasteiger partial charge in [0.1, 0.15) is 0 Å². The fourth-order valence-corrected chi connectivity index (χ4v) is 9.15. The van der Waals surface area contributed by atoms with E-state index in [0.29, 0.717) is 11.5 Å². The van der Waals surface area contributed by atoms with Crippen LogP contribution in [-0.2, 0) is 0 Å². The van der Waals surface area contributed by atoms with Crippen LogP contribution in [0.3, 0.4) is 0 Å². The molecule has 0 heterocycles. The molecular formula is C31H52N2. The smallest absolute Gasteiger partial charge is 0.0991 e. The van der Waals surface area contributed by atoms with E-state index < -0.39 is 0 Å². The Hall–Kier alpha value is -1.49. The van der Waals surface area contributed by atoms with Gasteiger partial charge in [-0.3, -0.25) is 0 Å². The Morgan fingerprint density at radius 3 is 2.42 bits per heavy atom. The Morgan fingerprint density at radius 1 is 0.970 bits per heavy atom. The summed E-state index contributed by atoms with van der Waals surface area (Å²) in [7, 11) is 0. The molecule has 1 N–H and O–H groups in total. The summed E-state index contributed by atoms with van der Waals surface area (Å²) in [5, 5.41) is 12.9. The molecule has 4 aliphatic carbocycles. The van der Waals surface area contributed by atoms with Crippen LogP contribution in [0.15, 0.2) is 24.3 Å². The first-order chi connectivity index (χ1) is 16.0. The van der Waals surface area contributed by atoms with Crippen molar-refractivity contribution in [3.05, 3.63) is 29.8 Å². The molecule has 1 aromatic rings. The monoisotopic (exact) mass is 452 g/mol. The summed E-state index contributed by atoms with van der Waals surface area (Å²) in [5.74, 6) is 6.80. The first-order valence-electron chi connectivity index (χ1n) is 14.3. The molecule has 4 aliphatic rings. The molecule has 9 atom stereocenters. The van der Waals surface area contributed by atoms with Gasteiger partial charge in [-0.25, -0.2) is 0 Å². The van der Waals surface area contributed by atoms with Gasteiger partial charge in [-0.15, -0.1) is 0 Å². The zero-order valence-corrected chi connectivity index (χ0v) is 21.9. The zero-order chi connectivity index (χ0) is 23.6. The molecule has 0 amide bonds. The SMILES string of the molecule is CC.C[C@H]1CC[C@@H]2C3CC[C@@]4(C)C(CCC[C@@H]4[C@H](C)Nc4ccc(C#N)cc4)[C@@H]3CC[C@@H]2C1.[HH].[HH]. The largest absolute Gasteiger partial charge is 0.382 e. The lowest BCUT2D eigenvalue weighted by atomic mass is 9.44. The fraction of sp³-hybridized carbons (Fsp3) is 0.774. The Kier molecular flexibility index (Phi) is 7.77. The highest BCUT2D eigenvalue weighted by Crippen LogP contribution is 2.63. The number of rotatable bonds is 3. The van der Waals surface area contributed by atoms with Crippen LogP contribution in [-0.4, -0.2) is 6.04 Å². The predicted molar refractivity (Wildman–Crippen MR) is 144 cm³/mol. The molecule has 0 spiro atoms. The molecular weight excluding hydrogens is 400 g/mol. The van der Waals surface area contributed by atoms with E-state index in [1.54, 1.807) is 0 Å². The summed E-state index contributed by atoms with van der Waals surface area (Å²) in [6.07, 6.45) is 14.8. The van der Waals surface area contributed by atoms with E-state index in [0.717, 1.165) is 47.0 Å². The van der Waals surface area contributed by atoms with Crippen LogP contribution < -0.4 is 5.32 Å². The van der Waals surface area contributed by atoms with Gasteiger partial charge in [0.2, 0.25) is 0 Å². The molecule has 5 rings (SSSR count). The van der Waals surface area contributed by atoms with E-state index in [2.05, 4.69) is 44.3 Å². The molecule has 33 heavy (non-hydrogen) atoms. The second-order valence-electron chi connectivity index (χ2n) is 12.1. The van der Waals surface area contributed by atoms with Gasteiger partial charge >= 0.3 is 0 Å². The third-order valence-electron chi connectivity index (χ3n) is 10.5. The molecule has 1 aromatic carbocycles. The van der Waals surface area contributed by atoms with Gasteiger partial charge in [0.25, 0.3) is 0 Å². The number of hydrogen-bond donors (Lipinski definition) is 1. The average Bonchev–Trinajstić information content (AvgIpc) is 2.84. The van der Waals surface area contributed by atoms with Crippen LogP contribution >= 0.6 is 0 Å². The van der Waals surface area contributed by atoms with Gasteiger partial charge in [-0.1, -0.05) is 40.5 Å². The lowest BCUT2D eigenvalue weighted by molar-refractivity contribution is -0.112. The Bertz CT molecular complexity index is 818. The van der Waals surface area contributed by atoms with Gasteiger partial charge < -0.3 is 5.32 Å². The summed E-state index contributed by atoms with van der Waals surface area (Å²) >= 11 is 0. The first kappa shape index (κ1) is 24.6. The van der Waals surface area contributed by atoms with E-state index in [-0.39, 0.29) is 2.85 Å². The summed E-state index contributed by atoms with van der Waals surface area (Å²) in [6, 6.07) is 10.8. The number of hydrogen-bond acceptors (Lipinski definition) is 2. The Labute approximate surface area is 206 Å². The zero-order valence-electron chi connectivity index (χ0n) is 21.9. The van der Waals surface area contributed by atoms with Crippen molar-refractivity contribution in [2.45, 2.75) is 105 Å². The molecule has 4 fully saturated rings. The second kappa shape index (κ2) is 10.4. The molecule has 2 heteroatoms. The summed E-state index contributed by atoms with van der Waals surface area (Å²) in [6.45, 7) is 11.6. The summed E-state index contributed by atoms with van der Waals surface area (Å²) in [4.78, 5) is 0. The van der Waals surface area contributed by atoms with Crippen molar-refractivity contribution in [3.63, 3.8) is 0 Å². The third kappa shape index (κ3) is 4.72. The van der Waals surface area contributed by atoms with Crippen LogP contribution in [0.4, 0.5) is 5.69 Å². The highest BCUT2D eigenvalue weighted by atomic mass is 14.9. The Morgan fingerprint density at radius 2 is 1.70 bits per heavy atom. The van der Waals surface area contributed by atoms with E-state index >= 15 is 0 Å². The van der Waals surface area contributed by atoms with Crippen LogP contribution in [0, 0.1) is 58.2 Å². The van der Waals surface area contributed by atoms with Crippen molar-refractivity contribution in [1.29, 1.82) is 5.26 Å². The summed E-state index contributed by atoms with van der Waals surface area (Å²) in [5.41, 5.74) is 2.41. The average molecular weight is 453 g/mol. The highest BCUT2D eigenvalue weighted by Gasteiger charge is 2.56. The van der Waals surface area contributed by atoms with Crippen molar-refractivity contribution in [2.24, 2.45) is 46.8 Å². The lowest BCUT2D eigenvalue weighted by Gasteiger charge is -2.61. The maximum absolute atomic E-state index is 9.09. The highest BCUT2D eigenvalue weighted by molar-refractivity contribution is 5.48. The van der Waals surface area contributed by atoms with Crippen LogP contribution in [0.25, 0.3) is 0 Å². The minimum Gasteiger partial charge on any atom is -0.382 e. The molecule has 2 unspecified atom stereocenters. The summed E-state index contributed by atoms with van der Waals surface area (Å²) < 4.78 is 0. The fourth-order valence-electron chi connectivity index (χ4n) is 9.15. The first-order valence-corrected chi connectivity index (χ1v) is 14.3. The standard InChI is InChI=1S/C29H42N2.C2H6.2H2/c1-19-7-13-24-22(17-19)10-14-26-25(24)15-16-29(3)27(5-4-6-28(26)29)20(2)31-23-11-8-21(18-30)9-12-23;1-2;;/h8-9,11-12,19-20,22,24-28,31H,4-7,10,13-17H2,1-3H3;1-2H3;2*1H/t19-,20-,22+,24-,25?,26+,27+,28?,29+;;;/m0.../s1. The van der Waals surface area contributed by atoms with E-state index in [1.165, 1.54) is 69.9 Å². The third-order valence-corrected chi connectivity index (χ3v) is 10.5. The second-order valence-corrected chi connectivity index (χ2v) is 12.1. The minimum atomic E-state index is 0. The topological polar surface area (TPSA) is 35.8 Å². The molecule has 0 aromatic heterocycles. The number of nitrogens with zero attached hydrogens (tertiary/aromatic N) is 1. The number of anilines is 1. The maximum atomic E-state index is 9.09. The van der Waals surface area contributed by atoms with Crippen molar-refractivity contribution in [3.8, 4) is 6.07 Å². The minimum absolute atomic E-state index is 0. The van der Waals surface area contributed by atoms with Crippen LogP contribution in [0.5, 0.6) is 0 Å². The van der Waals surface area contributed by atoms with Gasteiger partial charge in [0, 0.05) is 14.6 Å². The number of fused-ring (bicyclic) bond motifs is 5. The predicted octanol–water partition coefficient (Wildman–Crippen LogP) is 9.17. The number of nitrogens with one attached hydrogen (secondary N) is 1. The molecule has 0 aliphatic heterocycles. The maximum Gasteiger partial charge on any atom is 0.0991 e. The molecule has 2 nitrogen and oxygen atoms in total. The molecule has 186 valence electrons. The van der Waals surface area contributed by atoms with Gasteiger partial charge in [-0.05, 0) is 129 Å². The van der Waals surface area contributed by atoms with E-state index in [4.69, 9.17) is 5.26 Å². The van der Waals surface area contributed by atoms with Crippen LogP contribution in [0.2, 0.25) is 0 Å². The van der Waals surface area contributed by atoms with Crippen molar-refractivity contribution in [2.75, 3.05) is 5.32 Å². The van der Waals surface area contributed by atoms with E-state index in [1.807, 2.05) is 26.0 Å². The van der Waals surface area contributed by atoms with Gasteiger partial charge in [-0.2, -0.15) is 5.26 Å². The van der Waals surface area contributed by atoms with Crippen LogP contribution in [0.1, 0.15) is 107 Å². The van der Waals surface area contributed by atoms with Crippen molar-refractivity contribution in [1.82, 2.24) is 0 Å². The Balaban J connectivity index is 0.00000105. The molecule has 4 saturated carbocycles. The molecule has 0 bridgehead atoms. The van der Waals surface area contributed by atoms with E-state index in [9.17, 15) is 0 Å². The normalized spacial score (nSPS) is 40.5. The van der Waals surface area contributed by atoms with Gasteiger partial charge in [0.05, 0.1) is 11.6 Å². The molecule has 0 radical (unpaired) electrons. The lowest BCUT2D eigenvalue weighted by Crippen LogP contribution is -2.55. The molecule has 0 saturated heterocycles. The number of nitriles is 1. The number of benzene rings is 1. The van der Waals surface area contributed by atoms with Gasteiger partial charge in [0.15, 0.2) is 0 Å².